The van der Waals surface area contributed by atoms with Crippen LogP contribution >= 0.6 is 0 Å². The Morgan fingerprint density at radius 1 is 1.00 bits per heavy atom. The molecule has 0 bridgehead atoms. The SMILES string of the molecule is CCOc1cc(/C=N\NC(=O)C(=O)NCC(C)C)ccc1OCC(=O)Nc1ccc(C)cc1C. The number of hydrogen-bond donors (Lipinski definition) is 3. The summed E-state index contributed by atoms with van der Waals surface area (Å²) in [5, 5.41) is 9.16. The molecule has 0 saturated heterocycles. The van der Waals surface area contributed by atoms with E-state index in [0.29, 0.717) is 30.2 Å². The summed E-state index contributed by atoms with van der Waals surface area (Å²) in [6, 6.07) is 10.8. The third-order valence-electron chi connectivity index (χ3n) is 4.54. The van der Waals surface area contributed by atoms with Crippen LogP contribution in [0.2, 0.25) is 0 Å². The molecule has 0 radical (unpaired) electrons. The summed E-state index contributed by atoms with van der Waals surface area (Å²) in [7, 11) is 0. The maximum absolute atomic E-state index is 12.3. The number of aryl methyl sites for hydroxylation is 2. The van der Waals surface area contributed by atoms with Gasteiger partial charge < -0.3 is 20.1 Å². The number of amides is 3. The van der Waals surface area contributed by atoms with Crippen molar-refractivity contribution in [2.75, 3.05) is 25.1 Å². The molecule has 0 atom stereocenters. The summed E-state index contributed by atoms with van der Waals surface area (Å²) in [6.45, 7) is 10.2. The molecule has 0 fully saturated rings. The van der Waals surface area contributed by atoms with Gasteiger partial charge in [-0.3, -0.25) is 14.4 Å². The van der Waals surface area contributed by atoms with E-state index in [1.165, 1.54) is 6.21 Å². The Hall–Kier alpha value is -3.88. The van der Waals surface area contributed by atoms with E-state index in [2.05, 4.69) is 21.2 Å². The van der Waals surface area contributed by atoms with Gasteiger partial charge in [-0.15, -0.1) is 0 Å². The first-order valence-corrected chi connectivity index (χ1v) is 11.1. The summed E-state index contributed by atoms with van der Waals surface area (Å²) in [6.07, 6.45) is 1.38. The molecule has 9 nitrogen and oxygen atoms in total. The normalized spacial score (nSPS) is 10.8. The first-order valence-electron chi connectivity index (χ1n) is 11.1. The molecule has 0 aliphatic rings. The zero-order valence-corrected chi connectivity index (χ0v) is 20.2. The molecule has 0 saturated carbocycles. The molecule has 0 aromatic heterocycles. The van der Waals surface area contributed by atoms with Gasteiger partial charge in [0.05, 0.1) is 12.8 Å². The lowest BCUT2D eigenvalue weighted by atomic mass is 10.1. The van der Waals surface area contributed by atoms with Crippen LogP contribution in [0.25, 0.3) is 0 Å². The van der Waals surface area contributed by atoms with Crippen molar-refractivity contribution in [3.8, 4) is 11.5 Å². The van der Waals surface area contributed by atoms with Crippen LogP contribution in [0.4, 0.5) is 5.69 Å². The predicted octanol–water partition coefficient (Wildman–Crippen LogP) is 2.94. The third kappa shape index (κ3) is 8.57. The molecule has 0 aliphatic carbocycles. The molecule has 0 spiro atoms. The minimum absolute atomic E-state index is 0.192. The van der Waals surface area contributed by atoms with E-state index in [4.69, 9.17) is 9.47 Å². The number of nitrogens with zero attached hydrogens (tertiary/aromatic N) is 1. The molecule has 0 heterocycles. The second-order valence-corrected chi connectivity index (χ2v) is 8.10. The number of anilines is 1. The number of rotatable bonds is 10. The number of carbonyl (C=O) groups is 3. The highest BCUT2D eigenvalue weighted by Crippen LogP contribution is 2.28. The smallest absolute Gasteiger partial charge is 0.329 e. The average molecular weight is 469 g/mol. The zero-order chi connectivity index (χ0) is 25.1. The molecule has 2 aromatic rings. The van der Waals surface area contributed by atoms with Gasteiger partial charge in [0.25, 0.3) is 5.91 Å². The summed E-state index contributed by atoms with van der Waals surface area (Å²) in [5.74, 6) is -0.840. The van der Waals surface area contributed by atoms with Gasteiger partial charge >= 0.3 is 11.8 Å². The Morgan fingerprint density at radius 3 is 2.44 bits per heavy atom. The lowest BCUT2D eigenvalue weighted by Gasteiger charge is -2.13. The van der Waals surface area contributed by atoms with Gasteiger partial charge in [0.1, 0.15) is 0 Å². The molecule has 182 valence electrons. The maximum Gasteiger partial charge on any atom is 0.329 e. The van der Waals surface area contributed by atoms with Gasteiger partial charge in [0, 0.05) is 12.2 Å². The molecule has 34 heavy (non-hydrogen) atoms. The van der Waals surface area contributed by atoms with Gasteiger partial charge in [-0.1, -0.05) is 31.5 Å². The minimum Gasteiger partial charge on any atom is -0.490 e. The summed E-state index contributed by atoms with van der Waals surface area (Å²) >= 11 is 0. The minimum atomic E-state index is -0.850. The number of ether oxygens (including phenoxy) is 2. The quantitative estimate of drug-likeness (QED) is 0.282. The van der Waals surface area contributed by atoms with Crippen LogP contribution in [-0.2, 0) is 14.4 Å². The van der Waals surface area contributed by atoms with Crippen LogP contribution in [0.15, 0.2) is 41.5 Å². The lowest BCUT2D eigenvalue weighted by molar-refractivity contribution is -0.139. The summed E-state index contributed by atoms with van der Waals surface area (Å²) in [4.78, 5) is 35.8. The number of carbonyl (C=O) groups excluding carboxylic acids is 3. The largest absolute Gasteiger partial charge is 0.490 e. The van der Waals surface area contributed by atoms with Crippen molar-refractivity contribution >= 4 is 29.6 Å². The van der Waals surface area contributed by atoms with Crippen LogP contribution in [0, 0.1) is 19.8 Å². The Balaban J connectivity index is 1.96. The number of benzene rings is 2. The Labute approximate surface area is 199 Å². The van der Waals surface area contributed by atoms with Gasteiger partial charge in [-0.2, -0.15) is 5.10 Å². The second-order valence-electron chi connectivity index (χ2n) is 8.10. The van der Waals surface area contributed by atoms with E-state index in [1.54, 1.807) is 18.2 Å². The monoisotopic (exact) mass is 468 g/mol. The Kier molecular flexibility index (Phi) is 10.1. The van der Waals surface area contributed by atoms with Crippen molar-refractivity contribution in [2.45, 2.75) is 34.6 Å². The second kappa shape index (κ2) is 13.0. The van der Waals surface area contributed by atoms with Crippen molar-refractivity contribution in [1.29, 1.82) is 0 Å². The fourth-order valence-electron chi connectivity index (χ4n) is 2.87. The number of nitrogens with one attached hydrogen (secondary N) is 3. The van der Waals surface area contributed by atoms with Crippen molar-refractivity contribution in [1.82, 2.24) is 10.7 Å². The van der Waals surface area contributed by atoms with Gasteiger partial charge in [0.15, 0.2) is 18.1 Å². The highest BCUT2D eigenvalue weighted by molar-refractivity contribution is 6.35. The van der Waals surface area contributed by atoms with Crippen LogP contribution < -0.4 is 25.5 Å². The van der Waals surface area contributed by atoms with Crippen molar-refractivity contribution in [2.24, 2.45) is 11.0 Å². The molecule has 2 aromatic carbocycles. The molecule has 0 aliphatic heterocycles. The topological polar surface area (TPSA) is 118 Å². The Morgan fingerprint density at radius 2 is 1.76 bits per heavy atom. The standard InChI is InChI=1S/C25H32N4O5/c1-6-33-22-12-19(14-27-29-25(32)24(31)26-13-16(2)3)8-10-21(22)34-15-23(30)28-20-9-7-17(4)11-18(20)5/h7-12,14,16H,6,13,15H2,1-5H3,(H,26,31)(H,28,30)(H,29,32)/b27-14-. The molecular weight excluding hydrogens is 436 g/mol. The summed E-state index contributed by atoms with van der Waals surface area (Å²) < 4.78 is 11.3. The fraction of sp³-hybridized carbons (Fsp3) is 0.360. The van der Waals surface area contributed by atoms with Gasteiger partial charge in [-0.25, -0.2) is 5.43 Å². The van der Waals surface area contributed by atoms with Gasteiger partial charge in [-0.05, 0) is 62.1 Å². The molecular formula is C25H32N4O5. The molecule has 3 N–H and O–H groups in total. The predicted molar refractivity (Wildman–Crippen MR) is 131 cm³/mol. The number of hydrogen-bond acceptors (Lipinski definition) is 6. The van der Waals surface area contributed by atoms with Gasteiger partial charge in [0.2, 0.25) is 0 Å². The average Bonchev–Trinajstić information content (AvgIpc) is 2.78. The van der Waals surface area contributed by atoms with Crippen molar-refractivity contribution in [3.05, 3.63) is 53.1 Å². The fourth-order valence-corrected chi connectivity index (χ4v) is 2.87. The van der Waals surface area contributed by atoms with Crippen LogP contribution in [-0.4, -0.2) is 43.7 Å². The highest BCUT2D eigenvalue weighted by Gasteiger charge is 2.13. The van der Waals surface area contributed by atoms with Crippen LogP contribution in [0.3, 0.4) is 0 Å². The van der Waals surface area contributed by atoms with E-state index in [9.17, 15) is 14.4 Å². The lowest BCUT2D eigenvalue weighted by Crippen LogP contribution is -2.39. The first-order chi connectivity index (χ1) is 16.2. The van der Waals surface area contributed by atoms with Crippen LogP contribution in [0.5, 0.6) is 11.5 Å². The highest BCUT2D eigenvalue weighted by atomic mass is 16.5. The molecule has 2 rings (SSSR count). The van der Waals surface area contributed by atoms with Crippen LogP contribution in [0.1, 0.15) is 37.5 Å². The van der Waals surface area contributed by atoms with E-state index < -0.39 is 11.8 Å². The van der Waals surface area contributed by atoms with Crippen molar-refractivity contribution < 1.29 is 23.9 Å². The molecule has 0 unspecified atom stereocenters. The molecule has 3 amide bonds. The first kappa shape index (κ1) is 26.4. The maximum atomic E-state index is 12.3. The van der Waals surface area contributed by atoms with E-state index >= 15 is 0 Å². The number of hydrazone groups is 1. The zero-order valence-electron chi connectivity index (χ0n) is 20.2. The Bertz CT molecular complexity index is 1050. The van der Waals surface area contributed by atoms with E-state index in [0.717, 1.165) is 16.8 Å². The van der Waals surface area contributed by atoms with E-state index in [1.807, 2.05) is 52.8 Å². The third-order valence-corrected chi connectivity index (χ3v) is 4.54. The summed E-state index contributed by atoms with van der Waals surface area (Å²) in [5.41, 5.74) is 5.61. The molecule has 9 heteroatoms. The van der Waals surface area contributed by atoms with E-state index in [-0.39, 0.29) is 18.4 Å². The van der Waals surface area contributed by atoms with Crippen molar-refractivity contribution in [3.63, 3.8) is 0 Å².